The molecule has 1 heterocycles. The van der Waals surface area contributed by atoms with Gasteiger partial charge in [-0.1, -0.05) is 13.0 Å². The van der Waals surface area contributed by atoms with Gasteiger partial charge in [0.05, 0.1) is 7.11 Å². The zero-order chi connectivity index (χ0) is 13.8. The molecular formula is C15H24ClFN2O. The highest BCUT2D eigenvalue weighted by Crippen LogP contribution is 2.25. The fourth-order valence-corrected chi connectivity index (χ4v) is 2.80. The van der Waals surface area contributed by atoms with E-state index in [0.717, 1.165) is 31.0 Å². The van der Waals surface area contributed by atoms with Gasteiger partial charge in [0, 0.05) is 19.1 Å². The van der Waals surface area contributed by atoms with E-state index in [0.29, 0.717) is 18.3 Å². The third kappa shape index (κ3) is 4.08. The lowest BCUT2D eigenvalue weighted by atomic mass is 9.92. The molecular weight excluding hydrogens is 279 g/mol. The third-order valence-corrected chi connectivity index (χ3v) is 3.97. The molecule has 0 spiro atoms. The van der Waals surface area contributed by atoms with Crippen LogP contribution in [-0.2, 0) is 6.54 Å². The number of hydrogen-bond donors (Lipinski definition) is 1. The molecule has 1 aliphatic heterocycles. The summed E-state index contributed by atoms with van der Waals surface area (Å²) in [6.45, 7) is 4.74. The van der Waals surface area contributed by atoms with Crippen LogP contribution in [0.25, 0.3) is 0 Å². The Morgan fingerprint density at radius 1 is 1.45 bits per heavy atom. The summed E-state index contributed by atoms with van der Waals surface area (Å²) in [5.41, 5.74) is 6.83. The molecule has 1 aromatic rings. The summed E-state index contributed by atoms with van der Waals surface area (Å²) >= 11 is 0. The van der Waals surface area contributed by atoms with Gasteiger partial charge in [0.2, 0.25) is 0 Å². The third-order valence-electron chi connectivity index (χ3n) is 3.97. The molecule has 0 radical (unpaired) electrons. The summed E-state index contributed by atoms with van der Waals surface area (Å²) < 4.78 is 18.6. The van der Waals surface area contributed by atoms with Gasteiger partial charge in [0.15, 0.2) is 11.6 Å². The van der Waals surface area contributed by atoms with Crippen LogP contribution in [0.15, 0.2) is 18.2 Å². The maximum atomic E-state index is 13.7. The molecule has 2 unspecified atom stereocenters. The normalized spacial score (nSPS) is 23.2. The summed E-state index contributed by atoms with van der Waals surface area (Å²) in [6, 6.07) is 5.58. The summed E-state index contributed by atoms with van der Waals surface area (Å²) in [5, 5.41) is 0. The van der Waals surface area contributed by atoms with Gasteiger partial charge in [0.1, 0.15) is 0 Å². The first-order chi connectivity index (χ1) is 9.13. The molecule has 0 bridgehead atoms. The topological polar surface area (TPSA) is 38.5 Å². The lowest BCUT2D eigenvalue weighted by molar-refractivity contribution is 0.115. The minimum atomic E-state index is -0.297. The molecule has 2 atom stereocenters. The highest BCUT2D eigenvalue weighted by Gasteiger charge is 2.25. The number of hydrogen-bond acceptors (Lipinski definition) is 3. The molecule has 0 saturated carbocycles. The number of nitrogens with two attached hydrogens (primary N) is 1. The number of piperidine rings is 1. The van der Waals surface area contributed by atoms with Gasteiger partial charge in [-0.05, 0) is 43.0 Å². The highest BCUT2D eigenvalue weighted by molar-refractivity contribution is 5.85. The van der Waals surface area contributed by atoms with Gasteiger partial charge >= 0.3 is 0 Å². The molecule has 1 aliphatic rings. The van der Waals surface area contributed by atoms with Crippen molar-refractivity contribution in [3.63, 3.8) is 0 Å². The fraction of sp³-hybridized carbons (Fsp3) is 0.600. The smallest absolute Gasteiger partial charge is 0.165 e. The van der Waals surface area contributed by atoms with E-state index in [4.69, 9.17) is 10.5 Å². The molecule has 0 amide bonds. The number of ether oxygens (including phenoxy) is 1. The van der Waals surface area contributed by atoms with Crippen molar-refractivity contribution < 1.29 is 9.13 Å². The lowest BCUT2D eigenvalue weighted by Crippen LogP contribution is -2.45. The van der Waals surface area contributed by atoms with Crippen LogP contribution in [-0.4, -0.2) is 31.1 Å². The molecule has 1 fully saturated rings. The molecule has 3 nitrogen and oxygen atoms in total. The summed E-state index contributed by atoms with van der Waals surface area (Å²) in [6.07, 6.45) is 2.32. The van der Waals surface area contributed by atoms with Crippen molar-refractivity contribution in [1.82, 2.24) is 4.90 Å². The van der Waals surface area contributed by atoms with Crippen molar-refractivity contribution in [2.24, 2.45) is 11.7 Å². The second-order valence-corrected chi connectivity index (χ2v) is 5.46. The van der Waals surface area contributed by atoms with Crippen molar-refractivity contribution in [3.05, 3.63) is 29.6 Å². The largest absolute Gasteiger partial charge is 0.494 e. The quantitative estimate of drug-likeness (QED) is 0.929. The Balaban J connectivity index is 0.00000200. The van der Waals surface area contributed by atoms with Crippen LogP contribution in [0.5, 0.6) is 5.75 Å². The molecule has 2 rings (SSSR count). The van der Waals surface area contributed by atoms with E-state index in [2.05, 4.69) is 11.8 Å². The second-order valence-electron chi connectivity index (χ2n) is 5.46. The van der Waals surface area contributed by atoms with Crippen LogP contribution in [0.4, 0.5) is 4.39 Å². The minimum absolute atomic E-state index is 0. The Morgan fingerprint density at radius 3 is 2.80 bits per heavy atom. The Hall–Kier alpha value is -0.840. The molecule has 0 aromatic heterocycles. The van der Waals surface area contributed by atoms with E-state index >= 15 is 0 Å². The van der Waals surface area contributed by atoms with Gasteiger partial charge in [-0.3, -0.25) is 4.90 Å². The van der Waals surface area contributed by atoms with Crippen LogP contribution >= 0.6 is 12.4 Å². The number of methoxy groups -OCH3 is 1. The van der Waals surface area contributed by atoms with Crippen LogP contribution in [0.3, 0.4) is 0 Å². The molecule has 5 heteroatoms. The van der Waals surface area contributed by atoms with Crippen LogP contribution < -0.4 is 10.5 Å². The first-order valence-electron chi connectivity index (χ1n) is 6.90. The second kappa shape index (κ2) is 7.81. The Kier molecular flexibility index (Phi) is 6.72. The molecule has 1 saturated heterocycles. The predicted molar refractivity (Wildman–Crippen MR) is 81.9 cm³/mol. The maximum Gasteiger partial charge on any atom is 0.165 e. The van der Waals surface area contributed by atoms with Crippen molar-refractivity contribution >= 4 is 12.4 Å². The van der Waals surface area contributed by atoms with Crippen LogP contribution in [0.2, 0.25) is 0 Å². The average molecular weight is 303 g/mol. The molecule has 0 aliphatic carbocycles. The van der Waals surface area contributed by atoms with Gasteiger partial charge in [0.25, 0.3) is 0 Å². The molecule has 1 aromatic carbocycles. The van der Waals surface area contributed by atoms with E-state index < -0.39 is 0 Å². The first-order valence-corrected chi connectivity index (χ1v) is 6.90. The predicted octanol–water partition coefficient (Wildman–Crippen LogP) is 2.82. The molecule has 20 heavy (non-hydrogen) atoms. The zero-order valence-electron chi connectivity index (χ0n) is 12.1. The number of halogens is 2. The minimum Gasteiger partial charge on any atom is -0.494 e. The summed E-state index contributed by atoms with van der Waals surface area (Å²) in [7, 11) is 1.48. The van der Waals surface area contributed by atoms with E-state index in [1.54, 1.807) is 12.1 Å². The summed E-state index contributed by atoms with van der Waals surface area (Å²) in [5.74, 6) is 0.735. The fourth-order valence-electron chi connectivity index (χ4n) is 2.80. The van der Waals surface area contributed by atoms with Gasteiger partial charge in [-0.2, -0.15) is 0 Å². The van der Waals surface area contributed by atoms with E-state index in [-0.39, 0.29) is 18.2 Å². The zero-order valence-corrected chi connectivity index (χ0v) is 13.0. The Bertz CT molecular complexity index is 430. The van der Waals surface area contributed by atoms with E-state index in [9.17, 15) is 4.39 Å². The van der Waals surface area contributed by atoms with E-state index in [1.807, 2.05) is 6.07 Å². The van der Waals surface area contributed by atoms with E-state index in [1.165, 1.54) is 13.5 Å². The van der Waals surface area contributed by atoms with Crippen molar-refractivity contribution in [2.75, 3.05) is 20.2 Å². The Labute approximate surface area is 126 Å². The average Bonchev–Trinajstić information content (AvgIpc) is 2.41. The standard InChI is InChI=1S/C15H23FN2O.ClH/c1-11-5-6-18(13(7-11)9-17)10-12-3-4-15(19-2)14(16)8-12;/h3-4,8,11,13H,5-7,9-10,17H2,1-2H3;1H. The lowest BCUT2D eigenvalue weighted by Gasteiger charge is -2.38. The number of likely N-dealkylation sites (tertiary alicyclic amines) is 1. The highest BCUT2D eigenvalue weighted by atomic mass is 35.5. The van der Waals surface area contributed by atoms with Crippen molar-refractivity contribution in [3.8, 4) is 5.75 Å². The number of rotatable bonds is 4. The van der Waals surface area contributed by atoms with Gasteiger partial charge in [-0.15, -0.1) is 12.4 Å². The number of nitrogens with zero attached hydrogens (tertiary/aromatic N) is 1. The van der Waals surface area contributed by atoms with Gasteiger partial charge < -0.3 is 10.5 Å². The molecule has 2 N–H and O–H groups in total. The number of benzene rings is 1. The van der Waals surface area contributed by atoms with Crippen molar-refractivity contribution in [2.45, 2.75) is 32.4 Å². The maximum absolute atomic E-state index is 13.7. The Morgan fingerprint density at radius 2 is 2.20 bits per heavy atom. The SMILES string of the molecule is COc1ccc(CN2CCC(C)CC2CN)cc1F.Cl. The van der Waals surface area contributed by atoms with Crippen LogP contribution in [0, 0.1) is 11.7 Å². The van der Waals surface area contributed by atoms with Crippen LogP contribution in [0.1, 0.15) is 25.3 Å². The monoisotopic (exact) mass is 302 g/mol. The summed E-state index contributed by atoms with van der Waals surface area (Å²) in [4.78, 5) is 2.36. The first kappa shape index (κ1) is 17.2. The molecule has 114 valence electrons. The van der Waals surface area contributed by atoms with Crippen molar-refractivity contribution in [1.29, 1.82) is 0 Å². The van der Waals surface area contributed by atoms with Gasteiger partial charge in [-0.25, -0.2) is 4.39 Å².